The van der Waals surface area contributed by atoms with Crippen LogP contribution in [0.2, 0.25) is 0 Å². The summed E-state index contributed by atoms with van der Waals surface area (Å²) in [7, 11) is 1.82. The minimum Gasteiger partial charge on any atom is -0.477 e. The third kappa shape index (κ3) is 7.73. The highest BCUT2D eigenvalue weighted by Gasteiger charge is 2.22. The molecule has 0 radical (unpaired) electrons. The lowest BCUT2D eigenvalue weighted by atomic mass is 10.0. The molecule has 1 aliphatic carbocycles. The molecule has 7 heteroatoms. The fourth-order valence-corrected chi connectivity index (χ4v) is 3.67. The Kier molecular flexibility index (Phi) is 10.3. The smallest absolute Gasteiger partial charge is 0.213 e. The van der Waals surface area contributed by atoms with Gasteiger partial charge in [0.1, 0.15) is 0 Å². The number of hydrogen-bond donors (Lipinski definition) is 2. The molecule has 158 valence electrons. The maximum atomic E-state index is 5.77. The summed E-state index contributed by atoms with van der Waals surface area (Å²) < 4.78 is 5.77. The van der Waals surface area contributed by atoms with E-state index in [1.807, 2.05) is 25.4 Å². The second kappa shape index (κ2) is 12.5. The third-order valence-electron chi connectivity index (χ3n) is 5.56. The molecule has 1 atom stereocenters. The average Bonchev–Trinajstić information content (AvgIpc) is 3.54. The van der Waals surface area contributed by atoms with E-state index in [0.717, 1.165) is 49.1 Å². The van der Waals surface area contributed by atoms with Gasteiger partial charge >= 0.3 is 0 Å². The van der Waals surface area contributed by atoms with Crippen LogP contribution in [0.1, 0.15) is 51.0 Å². The highest BCUT2D eigenvalue weighted by molar-refractivity contribution is 14.0. The van der Waals surface area contributed by atoms with E-state index in [0.29, 0.717) is 6.54 Å². The van der Waals surface area contributed by atoms with Gasteiger partial charge in [-0.25, -0.2) is 4.98 Å². The summed E-state index contributed by atoms with van der Waals surface area (Å²) in [5, 5.41) is 6.84. The number of likely N-dealkylation sites (tertiary alicyclic amines) is 1. The number of pyridine rings is 1. The molecule has 0 amide bonds. The van der Waals surface area contributed by atoms with Crippen molar-refractivity contribution >= 4 is 29.9 Å². The lowest BCUT2D eigenvalue weighted by Gasteiger charge is -2.35. The zero-order valence-electron chi connectivity index (χ0n) is 17.3. The SMILES string of the molecule is CCC1CCCCN1CCNC(=NC)NCc1ccnc(OCC2CC2)c1.I. The van der Waals surface area contributed by atoms with Crippen molar-refractivity contribution in [2.45, 2.75) is 58.0 Å². The first-order valence-corrected chi connectivity index (χ1v) is 10.5. The van der Waals surface area contributed by atoms with Crippen LogP contribution in [0.4, 0.5) is 0 Å². The lowest BCUT2D eigenvalue weighted by Crippen LogP contribution is -2.45. The molecule has 0 bridgehead atoms. The first-order valence-electron chi connectivity index (χ1n) is 10.5. The number of aliphatic imine (C=N–C) groups is 1. The van der Waals surface area contributed by atoms with E-state index in [1.165, 1.54) is 45.1 Å². The zero-order valence-corrected chi connectivity index (χ0v) is 19.7. The Labute approximate surface area is 186 Å². The van der Waals surface area contributed by atoms with Crippen molar-refractivity contribution in [3.63, 3.8) is 0 Å². The maximum Gasteiger partial charge on any atom is 0.213 e. The number of ether oxygens (including phenoxy) is 1. The van der Waals surface area contributed by atoms with Crippen molar-refractivity contribution in [1.82, 2.24) is 20.5 Å². The van der Waals surface area contributed by atoms with E-state index >= 15 is 0 Å². The summed E-state index contributed by atoms with van der Waals surface area (Å²) in [5.74, 6) is 2.31. The number of nitrogens with one attached hydrogen (secondary N) is 2. The number of hydrogen-bond acceptors (Lipinski definition) is 4. The first-order chi connectivity index (χ1) is 13.3. The Morgan fingerprint density at radius 1 is 1.29 bits per heavy atom. The van der Waals surface area contributed by atoms with Gasteiger partial charge in [-0.2, -0.15) is 0 Å². The predicted molar refractivity (Wildman–Crippen MR) is 126 cm³/mol. The van der Waals surface area contributed by atoms with Gasteiger partial charge < -0.3 is 15.4 Å². The first kappa shape index (κ1) is 23.2. The molecular weight excluding hydrogens is 465 g/mol. The van der Waals surface area contributed by atoms with E-state index < -0.39 is 0 Å². The zero-order chi connectivity index (χ0) is 18.9. The Balaban J connectivity index is 0.00000280. The molecule has 2 aliphatic rings. The molecule has 2 N–H and O–H groups in total. The molecular formula is C21H36IN5O. The van der Waals surface area contributed by atoms with Crippen molar-refractivity contribution in [2.24, 2.45) is 10.9 Å². The molecule has 0 aromatic carbocycles. The Morgan fingerprint density at radius 2 is 2.14 bits per heavy atom. The van der Waals surface area contributed by atoms with Crippen molar-refractivity contribution in [3.05, 3.63) is 23.9 Å². The maximum absolute atomic E-state index is 5.77. The average molecular weight is 501 g/mol. The fraction of sp³-hybridized carbons (Fsp3) is 0.714. The van der Waals surface area contributed by atoms with Crippen molar-refractivity contribution in [3.8, 4) is 5.88 Å². The van der Waals surface area contributed by atoms with E-state index in [9.17, 15) is 0 Å². The monoisotopic (exact) mass is 501 g/mol. The van der Waals surface area contributed by atoms with Crippen LogP contribution in [0, 0.1) is 5.92 Å². The van der Waals surface area contributed by atoms with E-state index in [4.69, 9.17) is 4.74 Å². The van der Waals surface area contributed by atoms with Crippen molar-refractivity contribution < 1.29 is 4.74 Å². The summed E-state index contributed by atoms with van der Waals surface area (Å²) in [5.41, 5.74) is 1.15. The summed E-state index contributed by atoms with van der Waals surface area (Å²) >= 11 is 0. The van der Waals surface area contributed by atoms with Gasteiger partial charge in [-0.1, -0.05) is 13.3 Å². The molecule has 28 heavy (non-hydrogen) atoms. The second-order valence-electron chi connectivity index (χ2n) is 7.70. The number of piperidine rings is 1. The molecule has 1 saturated heterocycles. The van der Waals surface area contributed by atoms with Gasteiger partial charge in [0.25, 0.3) is 0 Å². The molecule has 1 aromatic rings. The van der Waals surface area contributed by atoms with Gasteiger partial charge in [-0.15, -0.1) is 24.0 Å². The third-order valence-corrected chi connectivity index (χ3v) is 5.56. The van der Waals surface area contributed by atoms with Crippen LogP contribution in [0.25, 0.3) is 0 Å². The summed E-state index contributed by atoms with van der Waals surface area (Å²) in [6, 6.07) is 4.79. The van der Waals surface area contributed by atoms with Crippen LogP contribution >= 0.6 is 24.0 Å². The molecule has 0 spiro atoms. The number of guanidine groups is 1. The lowest BCUT2D eigenvalue weighted by molar-refractivity contribution is 0.147. The van der Waals surface area contributed by atoms with E-state index in [1.54, 1.807) is 0 Å². The van der Waals surface area contributed by atoms with Gasteiger partial charge in [-0.05, 0) is 56.2 Å². The van der Waals surface area contributed by atoms with Gasteiger partial charge in [0.15, 0.2) is 5.96 Å². The summed E-state index contributed by atoms with van der Waals surface area (Å²) in [4.78, 5) is 11.3. The van der Waals surface area contributed by atoms with Crippen LogP contribution in [-0.2, 0) is 6.54 Å². The minimum absolute atomic E-state index is 0. The van der Waals surface area contributed by atoms with Gasteiger partial charge in [-0.3, -0.25) is 9.89 Å². The molecule has 6 nitrogen and oxygen atoms in total. The Morgan fingerprint density at radius 3 is 2.89 bits per heavy atom. The van der Waals surface area contributed by atoms with Gasteiger partial charge in [0.05, 0.1) is 6.61 Å². The highest BCUT2D eigenvalue weighted by atomic mass is 127. The van der Waals surface area contributed by atoms with Crippen molar-refractivity contribution in [1.29, 1.82) is 0 Å². The van der Waals surface area contributed by atoms with Crippen LogP contribution in [0.5, 0.6) is 5.88 Å². The number of rotatable bonds is 9. The molecule has 1 saturated carbocycles. The molecule has 3 rings (SSSR count). The number of nitrogens with zero attached hydrogens (tertiary/aromatic N) is 3. The van der Waals surface area contributed by atoms with Crippen LogP contribution in [-0.4, -0.2) is 55.2 Å². The highest BCUT2D eigenvalue weighted by Crippen LogP contribution is 2.29. The molecule has 2 heterocycles. The quantitative estimate of drug-likeness (QED) is 0.309. The molecule has 1 unspecified atom stereocenters. The number of halogens is 1. The molecule has 1 aromatic heterocycles. The topological polar surface area (TPSA) is 61.8 Å². The van der Waals surface area contributed by atoms with Crippen molar-refractivity contribution in [2.75, 3.05) is 33.3 Å². The Hall–Kier alpha value is -1.09. The van der Waals surface area contributed by atoms with Crippen LogP contribution in [0.15, 0.2) is 23.3 Å². The minimum atomic E-state index is 0. The summed E-state index contributed by atoms with van der Waals surface area (Å²) in [6.07, 6.45) is 9.70. The predicted octanol–water partition coefficient (Wildman–Crippen LogP) is 3.42. The van der Waals surface area contributed by atoms with E-state index in [2.05, 4.69) is 32.4 Å². The summed E-state index contributed by atoms with van der Waals surface area (Å²) in [6.45, 7) is 7.03. The van der Waals surface area contributed by atoms with Crippen LogP contribution in [0.3, 0.4) is 0 Å². The molecule has 1 aliphatic heterocycles. The fourth-order valence-electron chi connectivity index (χ4n) is 3.67. The number of aromatic nitrogens is 1. The van der Waals surface area contributed by atoms with E-state index in [-0.39, 0.29) is 24.0 Å². The molecule has 2 fully saturated rings. The normalized spacial score (nSPS) is 20.4. The largest absolute Gasteiger partial charge is 0.477 e. The van der Waals surface area contributed by atoms with Crippen LogP contribution < -0.4 is 15.4 Å². The second-order valence-corrected chi connectivity index (χ2v) is 7.70. The Bertz CT molecular complexity index is 608. The van der Waals surface area contributed by atoms with Gasteiger partial charge in [0, 0.05) is 45.0 Å². The standard InChI is InChI=1S/C21H35N5O.HI/c1-3-19-6-4-5-12-26(19)13-11-24-21(22-2)25-15-18-9-10-23-20(14-18)27-16-17-7-8-17;/h9-10,14,17,19H,3-8,11-13,15-16H2,1-2H3,(H2,22,24,25);1H. The van der Waals surface area contributed by atoms with Gasteiger partial charge in [0.2, 0.25) is 5.88 Å².